The molecule has 0 aliphatic carbocycles. The third-order valence-electron chi connectivity index (χ3n) is 5.62. The quantitative estimate of drug-likeness (QED) is 0.796. The predicted octanol–water partition coefficient (Wildman–Crippen LogP) is 4.15. The minimum Gasteiger partial charge on any atom is -0.472 e. The van der Waals surface area contributed by atoms with Gasteiger partial charge in [-0.05, 0) is 49.4 Å². The number of likely N-dealkylation sites (tertiary alicyclic amines) is 2. The molecule has 0 bridgehead atoms. The van der Waals surface area contributed by atoms with E-state index in [1.807, 2.05) is 29.2 Å². The lowest BCUT2D eigenvalue weighted by molar-refractivity contribution is -0.137. The number of rotatable bonds is 3. The molecule has 0 unspecified atom stereocenters. The Morgan fingerprint density at radius 1 is 1.04 bits per heavy atom. The van der Waals surface area contributed by atoms with Crippen molar-refractivity contribution in [1.29, 1.82) is 0 Å². The van der Waals surface area contributed by atoms with E-state index in [9.17, 15) is 9.59 Å². The van der Waals surface area contributed by atoms with Crippen LogP contribution in [0, 0.1) is 5.92 Å². The van der Waals surface area contributed by atoms with Gasteiger partial charge in [-0.15, -0.1) is 0 Å². The van der Waals surface area contributed by atoms with Crippen LogP contribution in [0.3, 0.4) is 0 Å². The molecule has 2 aliphatic rings. The third kappa shape index (κ3) is 3.74. The summed E-state index contributed by atoms with van der Waals surface area (Å²) >= 11 is 6.00. The van der Waals surface area contributed by atoms with Crippen LogP contribution in [0.1, 0.15) is 47.6 Å². The maximum atomic E-state index is 13.2. The van der Waals surface area contributed by atoms with Gasteiger partial charge in [0.25, 0.3) is 5.91 Å². The largest absolute Gasteiger partial charge is 0.472 e. The lowest BCUT2D eigenvalue weighted by Crippen LogP contribution is -2.46. The summed E-state index contributed by atoms with van der Waals surface area (Å²) in [6.45, 7) is 1.94. The molecule has 0 radical (unpaired) electrons. The molecule has 2 amide bonds. The smallest absolute Gasteiger partial charge is 0.257 e. The highest BCUT2D eigenvalue weighted by Gasteiger charge is 2.36. The van der Waals surface area contributed by atoms with Crippen molar-refractivity contribution >= 4 is 23.4 Å². The van der Waals surface area contributed by atoms with Crippen LogP contribution in [0.4, 0.5) is 0 Å². The summed E-state index contributed by atoms with van der Waals surface area (Å²) in [6, 6.07) is 9.55. The van der Waals surface area contributed by atoms with E-state index in [0.29, 0.717) is 23.7 Å². The highest BCUT2D eigenvalue weighted by atomic mass is 35.5. The number of piperidine rings is 1. The fourth-order valence-electron chi connectivity index (χ4n) is 4.23. The molecule has 2 fully saturated rings. The molecular weight excluding hydrogens is 364 g/mol. The van der Waals surface area contributed by atoms with E-state index in [1.54, 1.807) is 11.0 Å². The number of halogens is 1. The van der Waals surface area contributed by atoms with Crippen molar-refractivity contribution in [3.05, 3.63) is 59.0 Å². The zero-order chi connectivity index (χ0) is 18.8. The van der Waals surface area contributed by atoms with Crippen molar-refractivity contribution in [3.63, 3.8) is 0 Å². The fourth-order valence-corrected chi connectivity index (χ4v) is 4.35. The van der Waals surface area contributed by atoms with E-state index in [1.165, 1.54) is 12.5 Å². The number of amides is 2. The number of hydrogen-bond acceptors (Lipinski definition) is 3. The molecule has 1 aromatic heterocycles. The van der Waals surface area contributed by atoms with Crippen LogP contribution >= 0.6 is 11.6 Å². The van der Waals surface area contributed by atoms with Crippen LogP contribution in [-0.2, 0) is 4.79 Å². The minimum atomic E-state index is -0.137. The van der Waals surface area contributed by atoms with Crippen molar-refractivity contribution in [2.24, 2.45) is 5.92 Å². The molecule has 5 nitrogen and oxygen atoms in total. The van der Waals surface area contributed by atoms with E-state index in [-0.39, 0.29) is 23.8 Å². The second-order valence-corrected chi connectivity index (χ2v) is 7.78. The van der Waals surface area contributed by atoms with Crippen molar-refractivity contribution in [2.45, 2.75) is 31.7 Å². The van der Waals surface area contributed by atoms with E-state index in [0.717, 1.165) is 37.8 Å². The number of hydrogen-bond donors (Lipinski definition) is 0. The Bertz CT molecular complexity index is 803. The van der Waals surface area contributed by atoms with Gasteiger partial charge in [0.1, 0.15) is 6.26 Å². The molecule has 0 N–H and O–H groups in total. The van der Waals surface area contributed by atoms with Crippen molar-refractivity contribution < 1.29 is 14.0 Å². The van der Waals surface area contributed by atoms with Crippen LogP contribution in [0.2, 0.25) is 5.02 Å². The molecule has 2 aromatic rings. The van der Waals surface area contributed by atoms with Gasteiger partial charge in [0, 0.05) is 24.7 Å². The number of furan rings is 1. The fraction of sp³-hybridized carbons (Fsp3) is 0.429. The van der Waals surface area contributed by atoms with Gasteiger partial charge in [0.2, 0.25) is 5.91 Å². The minimum absolute atomic E-state index is 0.0584. The number of benzene rings is 1. The van der Waals surface area contributed by atoms with Crippen LogP contribution < -0.4 is 0 Å². The molecule has 6 heteroatoms. The molecule has 2 saturated heterocycles. The van der Waals surface area contributed by atoms with E-state index < -0.39 is 0 Å². The molecule has 0 spiro atoms. The second kappa shape index (κ2) is 7.77. The summed E-state index contributed by atoms with van der Waals surface area (Å²) in [5, 5.41) is 0.704. The normalized spacial score (nSPS) is 22.9. The summed E-state index contributed by atoms with van der Waals surface area (Å²) in [5.74, 6) is -0.0310. The van der Waals surface area contributed by atoms with Crippen molar-refractivity contribution in [1.82, 2.24) is 9.80 Å². The summed E-state index contributed by atoms with van der Waals surface area (Å²) < 4.78 is 5.02. The SMILES string of the molecule is O=C(c1ccoc1)N1CCC[C@H](C(=O)N2CCC[C@@H]2c2ccc(Cl)cc2)C1. The first-order valence-corrected chi connectivity index (χ1v) is 9.88. The van der Waals surface area contributed by atoms with Gasteiger partial charge < -0.3 is 14.2 Å². The predicted molar refractivity (Wildman–Crippen MR) is 102 cm³/mol. The first-order valence-electron chi connectivity index (χ1n) is 9.51. The Hall–Kier alpha value is -2.27. The first kappa shape index (κ1) is 18.1. The molecule has 2 atom stereocenters. The number of nitrogens with zero attached hydrogens (tertiary/aromatic N) is 2. The van der Waals surface area contributed by atoms with Gasteiger partial charge in [-0.3, -0.25) is 9.59 Å². The molecule has 27 heavy (non-hydrogen) atoms. The Kier molecular flexibility index (Phi) is 5.21. The van der Waals surface area contributed by atoms with Crippen molar-refractivity contribution in [3.8, 4) is 0 Å². The average Bonchev–Trinajstić information content (AvgIpc) is 3.39. The van der Waals surface area contributed by atoms with E-state index in [4.69, 9.17) is 16.0 Å². The third-order valence-corrected chi connectivity index (χ3v) is 5.87. The zero-order valence-electron chi connectivity index (χ0n) is 15.1. The maximum Gasteiger partial charge on any atom is 0.257 e. The molecule has 2 aliphatic heterocycles. The lowest BCUT2D eigenvalue weighted by Gasteiger charge is -2.35. The molecular formula is C21H23ClN2O3. The summed E-state index contributed by atoms with van der Waals surface area (Å²) in [6.07, 6.45) is 6.62. The lowest BCUT2D eigenvalue weighted by atomic mass is 9.95. The van der Waals surface area contributed by atoms with E-state index in [2.05, 4.69) is 0 Å². The first-order chi connectivity index (χ1) is 13.1. The number of carbonyl (C=O) groups excluding carboxylic acids is 2. The van der Waals surface area contributed by atoms with Gasteiger partial charge in [-0.1, -0.05) is 23.7 Å². The molecule has 4 rings (SSSR count). The van der Waals surface area contributed by atoms with Gasteiger partial charge in [0.05, 0.1) is 23.8 Å². The molecule has 0 saturated carbocycles. The summed E-state index contributed by atoms with van der Waals surface area (Å²) in [4.78, 5) is 29.6. The Morgan fingerprint density at radius 2 is 1.81 bits per heavy atom. The van der Waals surface area contributed by atoms with Gasteiger partial charge >= 0.3 is 0 Å². The zero-order valence-corrected chi connectivity index (χ0v) is 15.9. The van der Waals surface area contributed by atoms with Gasteiger partial charge in [-0.25, -0.2) is 0 Å². The summed E-state index contributed by atoms with van der Waals surface area (Å²) in [7, 11) is 0. The van der Waals surface area contributed by atoms with Crippen LogP contribution in [-0.4, -0.2) is 41.2 Å². The monoisotopic (exact) mass is 386 g/mol. The maximum absolute atomic E-state index is 13.2. The average molecular weight is 387 g/mol. The molecule has 1 aromatic carbocycles. The van der Waals surface area contributed by atoms with Crippen LogP contribution in [0.25, 0.3) is 0 Å². The Balaban J connectivity index is 1.46. The number of carbonyl (C=O) groups is 2. The van der Waals surface area contributed by atoms with Gasteiger partial charge in [0.15, 0.2) is 0 Å². The Labute approximate surface area is 163 Å². The van der Waals surface area contributed by atoms with E-state index >= 15 is 0 Å². The van der Waals surface area contributed by atoms with Gasteiger partial charge in [-0.2, -0.15) is 0 Å². The molecule has 142 valence electrons. The highest BCUT2D eigenvalue weighted by molar-refractivity contribution is 6.30. The van der Waals surface area contributed by atoms with Crippen molar-refractivity contribution in [2.75, 3.05) is 19.6 Å². The Morgan fingerprint density at radius 3 is 2.56 bits per heavy atom. The van der Waals surface area contributed by atoms with Crippen LogP contribution in [0.15, 0.2) is 47.3 Å². The summed E-state index contributed by atoms with van der Waals surface area (Å²) in [5.41, 5.74) is 1.68. The topological polar surface area (TPSA) is 53.8 Å². The standard InChI is InChI=1S/C21H23ClN2O3/c22-18-7-5-15(6-8-18)19-4-2-11-24(19)21(26)16-3-1-10-23(13-16)20(25)17-9-12-27-14-17/h5-9,12,14,16,19H,1-4,10-11,13H2/t16-,19+/m0/s1. The highest BCUT2D eigenvalue weighted by Crippen LogP contribution is 2.35. The van der Waals surface area contributed by atoms with Crippen LogP contribution in [0.5, 0.6) is 0 Å². The molecule has 3 heterocycles. The second-order valence-electron chi connectivity index (χ2n) is 7.34.